The molecule has 0 aromatic carbocycles. The minimum absolute atomic E-state index is 0. The van der Waals surface area contributed by atoms with E-state index in [2.05, 4.69) is 13.5 Å². The minimum atomic E-state index is -5.17. The van der Waals surface area contributed by atoms with Gasteiger partial charge in [-0.1, -0.05) is 0 Å². The van der Waals surface area contributed by atoms with E-state index < -0.39 is 10.4 Å². The molecule has 58 valence electrons. The SMILES string of the molecule is C=C[CH2-].O.O=S(=O)([O-])[O-].[Na+].[Na+].[Na+]. The summed E-state index contributed by atoms with van der Waals surface area (Å²) in [4.78, 5) is 0. The van der Waals surface area contributed by atoms with Crippen LogP contribution in [-0.2, 0) is 10.4 Å². The number of rotatable bonds is 0. The van der Waals surface area contributed by atoms with E-state index in [1.807, 2.05) is 0 Å². The molecule has 0 saturated heterocycles. The first kappa shape index (κ1) is 36.6. The van der Waals surface area contributed by atoms with Crippen molar-refractivity contribution in [3.63, 3.8) is 0 Å². The Morgan fingerprint density at radius 3 is 1.17 bits per heavy atom. The van der Waals surface area contributed by atoms with Crippen molar-refractivity contribution in [2.24, 2.45) is 0 Å². The van der Waals surface area contributed by atoms with Crippen molar-refractivity contribution in [2.75, 3.05) is 0 Å². The molecule has 12 heavy (non-hydrogen) atoms. The molecule has 0 heterocycles. The second kappa shape index (κ2) is 23.3. The zero-order valence-electron chi connectivity index (χ0n) is 7.53. The van der Waals surface area contributed by atoms with Gasteiger partial charge in [0.1, 0.15) is 0 Å². The monoisotopic (exact) mass is 224 g/mol. The second-order valence-electron chi connectivity index (χ2n) is 0.697. The summed E-state index contributed by atoms with van der Waals surface area (Å²) in [5.41, 5.74) is 0. The predicted octanol–water partition coefficient (Wildman–Crippen LogP) is -10.1. The van der Waals surface area contributed by atoms with Crippen LogP contribution in [0.15, 0.2) is 12.7 Å². The van der Waals surface area contributed by atoms with Gasteiger partial charge in [-0.05, 0) is 0 Å². The topological polar surface area (TPSA) is 112 Å². The van der Waals surface area contributed by atoms with Crippen LogP contribution in [0.4, 0.5) is 0 Å². The van der Waals surface area contributed by atoms with Crippen LogP contribution < -0.4 is 88.7 Å². The zero-order valence-corrected chi connectivity index (χ0v) is 14.3. The molecule has 0 aliphatic carbocycles. The average Bonchev–Trinajstić information content (AvgIpc) is 1.27. The van der Waals surface area contributed by atoms with Crippen molar-refractivity contribution in [3.05, 3.63) is 19.6 Å². The van der Waals surface area contributed by atoms with Crippen LogP contribution in [0.1, 0.15) is 0 Å². The van der Waals surface area contributed by atoms with Crippen molar-refractivity contribution in [1.82, 2.24) is 0 Å². The molecule has 0 aliphatic rings. The fraction of sp³-hybridized carbons (Fsp3) is 0. The van der Waals surface area contributed by atoms with Crippen LogP contribution in [-0.4, -0.2) is 23.0 Å². The van der Waals surface area contributed by atoms with Crippen LogP contribution >= 0.6 is 0 Å². The Morgan fingerprint density at radius 2 is 1.17 bits per heavy atom. The van der Waals surface area contributed by atoms with Crippen LogP contribution in [0.5, 0.6) is 0 Å². The third-order valence-corrected chi connectivity index (χ3v) is 0. The summed E-state index contributed by atoms with van der Waals surface area (Å²) in [7, 11) is -5.17. The summed E-state index contributed by atoms with van der Waals surface area (Å²) in [6.45, 7) is 6.50. The fourth-order valence-electron chi connectivity index (χ4n) is 0. The van der Waals surface area contributed by atoms with Gasteiger partial charge in [-0.3, -0.25) is 8.42 Å². The molecule has 0 aromatic heterocycles. The van der Waals surface area contributed by atoms with Gasteiger partial charge < -0.3 is 14.6 Å². The van der Waals surface area contributed by atoms with Gasteiger partial charge in [0.25, 0.3) is 0 Å². The first-order chi connectivity index (χ1) is 3.41. The Hall–Kier alpha value is 2.44. The molecule has 0 saturated carbocycles. The van der Waals surface area contributed by atoms with E-state index in [4.69, 9.17) is 17.5 Å². The Balaban J connectivity index is -0.0000000119. The average molecular weight is 224 g/mol. The molecule has 0 aliphatic heterocycles. The van der Waals surface area contributed by atoms with Gasteiger partial charge in [-0.15, -0.1) is 0 Å². The van der Waals surface area contributed by atoms with Crippen LogP contribution in [0.2, 0.25) is 0 Å². The van der Waals surface area contributed by atoms with Crippen LogP contribution in [0.3, 0.4) is 0 Å². The summed E-state index contributed by atoms with van der Waals surface area (Å²) >= 11 is 0. The van der Waals surface area contributed by atoms with Crippen molar-refractivity contribution < 1.29 is 112 Å². The molecule has 0 spiro atoms. The Labute approximate surface area is 139 Å². The second-order valence-corrected chi connectivity index (χ2v) is 1.51. The van der Waals surface area contributed by atoms with Crippen LogP contribution in [0.25, 0.3) is 0 Å². The van der Waals surface area contributed by atoms with Crippen LogP contribution in [0, 0.1) is 6.92 Å². The van der Waals surface area contributed by atoms with Gasteiger partial charge >= 0.3 is 88.7 Å². The molecule has 9 heteroatoms. The van der Waals surface area contributed by atoms with Gasteiger partial charge in [0.05, 0.1) is 0 Å². The summed E-state index contributed by atoms with van der Waals surface area (Å²) in [6, 6.07) is 0. The van der Waals surface area contributed by atoms with Gasteiger partial charge in [-0.2, -0.15) is 0 Å². The molecular weight excluding hydrogens is 217 g/mol. The van der Waals surface area contributed by atoms with E-state index in [9.17, 15) is 0 Å². The van der Waals surface area contributed by atoms with Gasteiger partial charge in [-0.25, -0.2) is 19.6 Å². The number of allylic oxidation sites excluding steroid dienone is 1. The molecule has 2 N–H and O–H groups in total. The standard InChI is InChI=1S/C3H5.3Na.H2O4S.H2O/c1-3-2;;;;1-5(2,3)4;/h3H,1-2H2;;;;(H2,1,2,3,4);1H2/q-1;3*+1;;/p-2. The number of hydrogen-bond acceptors (Lipinski definition) is 4. The Kier molecular flexibility index (Phi) is 71.2. The minimum Gasteiger partial charge on any atom is -0.759 e. The van der Waals surface area contributed by atoms with Gasteiger partial charge in [0.2, 0.25) is 0 Å². The molecule has 0 rings (SSSR count). The van der Waals surface area contributed by atoms with E-state index in [-0.39, 0.29) is 94.1 Å². The first-order valence-electron chi connectivity index (χ1n) is 1.48. The first-order valence-corrected chi connectivity index (χ1v) is 2.82. The van der Waals surface area contributed by atoms with Crippen molar-refractivity contribution in [1.29, 1.82) is 0 Å². The normalized spacial score (nSPS) is 5.83. The molecule has 0 fully saturated rings. The smallest absolute Gasteiger partial charge is 0.759 e. The van der Waals surface area contributed by atoms with Gasteiger partial charge in [0.15, 0.2) is 0 Å². The van der Waals surface area contributed by atoms with E-state index in [1.54, 1.807) is 0 Å². The summed E-state index contributed by atoms with van der Waals surface area (Å²) in [5.74, 6) is 0. The molecule has 0 atom stereocenters. The zero-order chi connectivity index (χ0) is 7.21. The fourth-order valence-corrected chi connectivity index (χ4v) is 0. The van der Waals surface area contributed by atoms with Crippen molar-refractivity contribution in [3.8, 4) is 0 Å². The maximum Gasteiger partial charge on any atom is 1.00 e. The predicted molar refractivity (Wildman–Crippen MR) is 29.6 cm³/mol. The summed E-state index contributed by atoms with van der Waals surface area (Å²) in [6.07, 6.45) is 1.50. The molecule has 0 amide bonds. The maximum absolute atomic E-state index is 8.52. The number of hydrogen-bond donors (Lipinski definition) is 0. The van der Waals surface area contributed by atoms with E-state index in [0.29, 0.717) is 0 Å². The maximum atomic E-state index is 8.52. The molecule has 0 bridgehead atoms. The van der Waals surface area contributed by atoms with E-state index >= 15 is 0 Å². The van der Waals surface area contributed by atoms with E-state index in [0.717, 1.165) is 0 Å². The molecule has 5 nitrogen and oxygen atoms in total. The third kappa shape index (κ3) is 273. The molecule has 0 aromatic rings. The van der Waals surface area contributed by atoms with Crippen molar-refractivity contribution >= 4 is 10.4 Å². The summed E-state index contributed by atoms with van der Waals surface area (Å²) < 4.78 is 34.1. The molecule has 0 radical (unpaired) electrons. The molecule has 0 unspecified atom stereocenters. The largest absolute Gasteiger partial charge is 1.00 e. The molecular formula is C3H7Na3O5S. The van der Waals surface area contributed by atoms with Gasteiger partial charge in [0, 0.05) is 10.4 Å². The quantitative estimate of drug-likeness (QED) is 0.176. The van der Waals surface area contributed by atoms with Crippen molar-refractivity contribution in [2.45, 2.75) is 0 Å². The Morgan fingerprint density at radius 1 is 1.17 bits per heavy atom. The van der Waals surface area contributed by atoms with E-state index in [1.165, 1.54) is 6.08 Å². The summed E-state index contributed by atoms with van der Waals surface area (Å²) in [5, 5.41) is 0. The third-order valence-electron chi connectivity index (χ3n) is 0. The Bertz CT molecular complexity index is 136.